The second-order valence-corrected chi connectivity index (χ2v) is 6.79. The van der Waals surface area contributed by atoms with Gasteiger partial charge in [-0.15, -0.1) is 0 Å². The van der Waals surface area contributed by atoms with Crippen molar-refractivity contribution in [2.24, 2.45) is 0 Å². The fourth-order valence-corrected chi connectivity index (χ4v) is 3.62. The summed E-state index contributed by atoms with van der Waals surface area (Å²) in [7, 11) is 0. The minimum atomic E-state index is -0.992. The Bertz CT molecular complexity index is 764. The van der Waals surface area contributed by atoms with Crippen LogP contribution in [0.1, 0.15) is 30.9 Å². The Morgan fingerprint density at radius 1 is 1.48 bits per heavy atom. The van der Waals surface area contributed by atoms with E-state index in [0.29, 0.717) is 28.1 Å². The number of alkyl halides is 1. The molecule has 0 N–H and O–H groups in total. The molecule has 0 unspecified atom stereocenters. The van der Waals surface area contributed by atoms with Crippen LogP contribution >= 0.6 is 27.7 Å². The molecule has 1 aliphatic rings. The van der Waals surface area contributed by atoms with Crippen LogP contribution < -0.4 is 5.56 Å². The Balaban J connectivity index is 2.37. The first kappa shape index (κ1) is 15.0. The number of fused-ring (bicyclic) bond motifs is 1. The van der Waals surface area contributed by atoms with Crippen molar-refractivity contribution in [2.45, 2.75) is 43.6 Å². The molecular weight excluding hydrogens is 357 g/mol. The summed E-state index contributed by atoms with van der Waals surface area (Å²) in [6.07, 6.45) is 4.57. The van der Waals surface area contributed by atoms with Crippen LogP contribution in [0.3, 0.4) is 0 Å². The lowest BCUT2D eigenvalue weighted by molar-refractivity contribution is 0.263. The van der Waals surface area contributed by atoms with Gasteiger partial charge in [0.05, 0.1) is 10.5 Å². The quantitative estimate of drug-likeness (QED) is 0.597. The number of aryl methyl sites for hydroxylation is 1. The van der Waals surface area contributed by atoms with Crippen molar-refractivity contribution in [2.75, 3.05) is 6.26 Å². The van der Waals surface area contributed by atoms with Crippen molar-refractivity contribution in [3.05, 3.63) is 26.6 Å². The molecular formula is C14H15BrFN3OS. The number of aromatic nitrogens is 3. The number of rotatable bonds is 2. The number of pyridine rings is 1. The summed E-state index contributed by atoms with van der Waals surface area (Å²) in [4.78, 5) is 21.3. The van der Waals surface area contributed by atoms with Crippen LogP contribution in [0.2, 0.25) is 0 Å². The van der Waals surface area contributed by atoms with Crippen molar-refractivity contribution in [3.8, 4) is 0 Å². The van der Waals surface area contributed by atoms with Crippen LogP contribution in [-0.2, 0) is 0 Å². The third-order valence-electron chi connectivity index (χ3n) is 4.03. The molecule has 0 saturated heterocycles. The molecule has 7 heteroatoms. The van der Waals surface area contributed by atoms with Gasteiger partial charge in [0, 0.05) is 11.6 Å². The number of thioether (sulfide) groups is 1. The molecule has 0 amide bonds. The van der Waals surface area contributed by atoms with E-state index < -0.39 is 12.2 Å². The number of hydrogen-bond acceptors (Lipinski definition) is 4. The Labute approximate surface area is 134 Å². The highest BCUT2D eigenvalue weighted by Gasteiger charge is 2.31. The summed E-state index contributed by atoms with van der Waals surface area (Å²) in [5, 5.41) is 1.38. The molecule has 4 nitrogen and oxygen atoms in total. The van der Waals surface area contributed by atoms with E-state index in [0.717, 1.165) is 17.4 Å². The molecule has 21 heavy (non-hydrogen) atoms. The first-order valence-electron chi connectivity index (χ1n) is 6.80. The molecule has 1 saturated carbocycles. The maximum absolute atomic E-state index is 14.2. The van der Waals surface area contributed by atoms with Gasteiger partial charge in [0.2, 0.25) is 0 Å². The van der Waals surface area contributed by atoms with Crippen molar-refractivity contribution >= 4 is 38.7 Å². The van der Waals surface area contributed by atoms with Gasteiger partial charge >= 0.3 is 0 Å². The van der Waals surface area contributed by atoms with Crippen LogP contribution in [0.15, 0.2) is 20.6 Å². The zero-order valence-corrected chi connectivity index (χ0v) is 14.2. The molecule has 112 valence electrons. The molecule has 1 aliphatic carbocycles. The molecule has 0 radical (unpaired) electrons. The van der Waals surface area contributed by atoms with Crippen LogP contribution in [0.5, 0.6) is 0 Å². The van der Waals surface area contributed by atoms with Gasteiger partial charge in [0.15, 0.2) is 5.16 Å². The van der Waals surface area contributed by atoms with Gasteiger partial charge in [0.25, 0.3) is 5.56 Å². The fraction of sp³-hybridized carbons (Fsp3) is 0.500. The van der Waals surface area contributed by atoms with Crippen molar-refractivity contribution < 1.29 is 4.39 Å². The first-order chi connectivity index (χ1) is 10.0. The average Bonchev–Trinajstić information content (AvgIpc) is 2.91. The third kappa shape index (κ3) is 2.40. The highest BCUT2D eigenvalue weighted by Crippen LogP contribution is 2.34. The van der Waals surface area contributed by atoms with E-state index >= 15 is 0 Å². The molecule has 0 bridgehead atoms. The molecule has 0 spiro atoms. The van der Waals surface area contributed by atoms with Crippen molar-refractivity contribution in [1.82, 2.24) is 14.5 Å². The summed E-state index contributed by atoms with van der Waals surface area (Å²) >= 11 is 4.75. The topological polar surface area (TPSA) is 47.8 Å². The summed E-state index contributed by atoms with van der Waals surface area (Å²) in [6, 6.07) is -0.429. The van der Waals surface area contributed by atoms with E-state index in [9.17, 15) is 9.18 Å². The number of hydrogen-bond donors (Lipinski definition) is 0. The smallest absolute Gasteiger partial charge is 0.267 e. The van der Waals surface area contributed by atoms with Gasteiger partial charge in [-0.05, 0) is 53.9 Å². The summed E-state index contributed by atoms with van der Waals surface area (Å²) in [5.41, 5.74) is 1.13. The second-order valence-electron chi connectivity index (χ2n) is 5.22. The first-order valence-corrected chi connectivity index (χ1v) is 8.81. The maximum atomic E-state index is 14.2. The van der Waals surface area contributed by atoms with Gasteiger partial charge < -0.3 is 0 Å². The van der Waals surface area contributed by atoms with E-state index in [1.54, 1.807) is 6.20 Å². The lowest BCUT2D eigenvalue weighted by atomic mass is 10.1. The van der Waals surface area contributed by atoms with Gasteiger partial charge in [-0.2, -0.15) is 0 Å². The fourth-order valence-electron chi connectivity index (χ4n) is 2.88. The predicted molar refractivity (Wildman–Crippen MR) is 85.8 cm³/mol. The number of nitrogens with zero attached hydrogens (tertiary/aromatic N) is 3. The normalized spacial score (nSPS) is 22.1. The monoisotopic (exact) mass is 371 g/mol. The van der Waals surface area contributed by atoms with E-state index in [1.165, 1.54) is 16.3 Å². The molecule has 3 rings (SSSR count). The molecule has 0 aromatic carbocycles. The standard InChI is InChI=1S/C14H15BrFN3OS/c1-7-8-6-17-14(21-2)18-12(8)19(13(20)11(7)15)10-5-3-4-9(10)16/h6,9-10H,3-5H2,1-2H3/t9-,10+/m0/s1. The maximum Gasteiger partial charge on any atom is 0.267 e. The molecule has 2 heterocycles. The van der Waals surface area contributed by atoms with Crippen LogP contribution in [0, 0.1) is 6.92 Å². The third-order valence-corrected chi connectivity index (χ3v) is 5.52. The zero-order chi connectivity index (χ0) is 15.1. The van der Waals surface area contributed by atoms with Crippen molar-refractivity contribution in [3.63, 3.8) is 0 Å². The Hall–Kier alpha value is -0.950. The molecule has 2 atom stereocenters. The molecule has 1 fully saturated rings. The predicted octanol–water partition coefficient (Wildman–Crippen LogP) is 3.65. The van der Waals surface area contributed by atoms with E-state index in [2.05, 4.69) is 25.9 Å². The van der Waals surface area contributed by atoms with Crippen LogP contribution in [-0.4, -0.2) is 27.0 Å². The van der Waals surface area contributed by atoms with Crippen molar-refractivity contribution in [1.29, 1.82) is 0 Å². The second kappa shape index (κ2) is 5.68. The number of halogens is 2. The van der Waals surface area contributed by atoms with E-state index in [-0.39, 0.29) is 5.56 Å². The molecule has 0 aliphatic heterocycles. The lowest BCUT2D eigenvalue weighted by Gasteiger charge is -2.20. The van der Waals surface area contributed by atoms with E-state index in [1.807, 2.05) is 13.2 Å². The van der Waals surface area contributed by atoms with E-state index in [4.69, 9.17) is 0 Å². The Kier molecular flexibility index (Phi) is 4.05. The van der Waals surface area contributed by atoms with Crippen LogP contribution in [0.25, 0.3) is 11.0 Å². The molecule has 2 aromatic rings. The minimum absolute atomic E-state index is 0.208. The zero-order valence-electron chi connectivity index (χ0n) is 11.8. The lowest BCUT2D eigenvalue weighted by Crippen LogP contribution is -2.30. The molecule has 2 aromatic heterocycles. The van der Waals surface area contributed by atoms with Gasteiger partial charge in [0.1, 0.15) is 11.8 Å². The largest absolute Gasteiger partial charge is 0.286 e. The van der Waals surface area contributed by atoms with Crippen LogP contribution in [0.4, 0.5) is 4.39 Å². The Morgan fingerprint density at radius 3 is 2.86 bits per heavy atom. The Morgan fingerprint density at radius 2 is 2.24 bits per heavy atom. The van der Waals surface area contributed by atoms with Gasteiger partial charge in [-0.25, -0.2) is 14.4 Å². The highest BCUT2D eigenvalue weighted by atomic mass is 79.9. The average molecular weight is 372 g/mol. The van der Waals surface area contributed by atoms with Gasteiger partial charge in [-0.3, -0.25) is 9.36 Å². The summed E-state index contributed by atoms with van der Waals surface area (Å²) < 4.78 is 16.2. The SMILES string of the molecule is CSc1ncc2c(C)c(Br)c(=O)n([C@@H]3CCC[C@@H]3F)c2n1. The minimum Gasteiger partial charge on any atom is -0.286 e. The summed E-state index contributed by atoms with van der Waals surface area (Å²) in [6.45, 7) is 1.85. The highest BCUT2D eigenvalue weighted by molar-refractivity contribution is 9.10. The van der Waals surface area contributed by atoms with Gasteiger partial charge in [-0.1, -0.05) is 11.8 Å². The summed E-state index contributed by atoms with van der Waals surface area (Å²) in [5.74, 6) is 0.